The van der Waals surface area contributed by atoms with Crippen molar-refractivity contribution in [2.75, 3.05) is 26.2 Å². The van der Waals surface area contributed by atoms with E-state index in [1.165, 1.54) is 5.56 Å². The second-order valence-corrected chi connectivity index (χ2v) is 6.24. The molecule has 1 N–H and O–H groups in total. The Morgan fingerprint density at radius 2 is 1.67 bits per heavy atom. The molecule has 1 fully saturated rings. The average Bonchev–Trinajstić information content (AvgIpc) is 3.02. The standard InChI is InChI=1S/C18H22N4O2/c1-13-3-5-15(6-4-13)11-17(23)21-7-9-22(10-8-21)18(24)16-12-19-20-14(16)2/h3-6,12H,7-11H2,1-2H3,(H,19,20). The maximum absolute atomic E-state index is 12.4. The number of nitrogens with zero attached hydrogens (tertiary/aromatic N) is 3. The minimum atomic E-state index is -0.0214. The number of amides is 2. The summed E-state index contributed by atoms with van der Waals surface area (Å²) in [5.41, 5.74) is 3.60. The maximum atomic E-state index is 12.4. The van der Waals surface area contributed by atoms with Crippen LogP contribution in [0.1, 0.15) is 27.2 Å². The van der Waals surface area contributed by atoms with Gasteiger partial charge in [0.15, 0.2) is 0 Å². The zero-order chi connectivity index (χ0) is 17.1. The van der Waals surface area contributed by atoms with Crippen molar-refractivity contribution in [1.82, 2.24) is 20.0 Å². The molecule has 2 aromatic rings. The molecule has 0 spiro atoms. The van der Waals surface area contributed by atoms with Crippen molar-refractivity contribution in [2.45, 2.75) is 20.3 Å². The topological polar surface area (TPSA) is 69.3 Å². The van der Waals surface area contributed by atoms with E-state index in [4.69, 9.17) is 0 Å². The summed E-state index contributed by atoms with van der Waals surface area (Å²) in [6.07, 6.45) is 1.97. The fourth-order valence-corrected chi connectivity index (χ4v) is 2.89. The summed E-state index contributed by atoms with van der Waals surface area (Å²) < 4.78 is 0. The van der Waals surface area contributed by atoms with Gasteiger partial charge in [-0.2, -0.15) is 5.10 Å². The summed E-state index contributed by atoms with van der Waals surface area (Å²) in [7, 11) is 0. The van der Waals surface area contributed by atoms with E-state index in [-0.39, 0.29) is 11.8 Å². The van der Waals surface area contributed by atoms with Crippen LogP contribution >= 0.6 is 0 Å². The molecule has 2 heterocycles. The highest BCUT2D eigenvalue weighted by Crippen LogP contribution is 2.12. The average molecular weight is 326 g/mol. The van der Waals surface area contributed by atoms with Crippen LogP contribution in [0.5, 0.6) is 0 Å². The summed E-state index contributed by atoms with van der Waals surface area (Å²) in [6.45, 7) is 6.14. The lowest BCUT2D eigenvalue weighted by Crippen LogP contribution is -2.51. The lowest BCUT2D eigenvalue weighted by atomic mass is 10.1. The van der Waals surface area contributed by atoms with Gasteiger partial charge in [0.05, 0.1) is 18.2 Å². The van der Waals surface area contributed by atoms with Gasteiger partial charge in [-0.05, 0) is 19.4 Å². The van der Waals surface area contributed by atoms with Crippen molar-refractivity contribution >= 4 is 11.8 Å². The molecule has 2 amide bonds. The Morgan fingerprint density at radius 1 is 1.04 bits per heavy atom. The molecule has 0 radical (unpaired) electrons. The molecule has 6 nitrogen and oxygen atoms in total. The van der Waals surface area contributed by atoms with Crippen LogP contribution in [-0.4, -0.2) is 58.0 Å². The second kappa shape index (κ2) is 6.86. The van der Waals surface area contributed by atoms with Crippen molar-refractivity contribution in [3.8, 4) is 0 Å². The van der Waals surface area contributed by atoms with Gasteiger partial charge in [0.2, 0.25) is 5.91 Å². The van der Waals surface area contributed by atoms with Crippen molar-refractivity contribution in [3.63, 3.8) is 0 Å². The number of hydrogen-bond donors (Lipinski definition) is 1. The third kappa shape index (κ3) is 3.48. The zero-order valence-electron chi connectivity index (χ0n) is 14.1. The predicted octanol–water partition coefficient (Wildman–Crippen LogP) is 1.55. The molecule has 1 aromatic carbocycles. The number of aromatic nitrogens is 2. The molecule has 0 aliphatic carbocycles. The second-order valence-electron chi connectivity index (χ2n) is 6.24. The van der Waals surface area contributed by atoms with Crippen molar-refractivity contribution in [1.29, 1.82) is 0 Å². The van der Waals surface area contributed by atoms with E-state index in [1.807, 2.05) is 43.0 Å². The van der Waals surface area contributed by atoms with Crippen LogP contribution in [0.25, 0.3) is 0 Å². The summed E-state index contributed by atoms with van der Waals surface area (Å²) >= 11 is 0. The van der Waals surface area contributed by atoms with Gasteiger partial charge in [-0.3, -0.25) is 14.7 Å². The van der Waals surface area contributed by atoms with Gasteiger partial charge in [-0.1, -0.05) is 29.8 Å². The highest BCUT2D eigenvalue weighted by atomic mass is 16.2. The third-order valence-electron chi connectivity index (χ3n) is 4.46. The number of aryl methyl sites for hydroxylation is 2. The third-order valence-corrected chi connectivity index (χ3v) is 4.46. The first-order valence-corrected chi connectivity index (χ1v) is 8.17. The molecule has 0 atom stereocenters. The van der Waals surface area contributed by atoms with E-state index in [0.29, 0.717) is 38.2 Å². The molecule has 6 heteroatoms. The SMILES string of the molecule is Cc1ccc(CC(=O)N2CCN(C(=O)c3cn[nH]c3C)CC2)cc1. The fourth-order valence-electron chi connectivity index (χ4n) is 2.89. The Labute approximate surface area is 141 Å². The van der Waals surface area contributed by atoms with Crippen LogP contribution in [0.4, 0.5) is 0 Å². The highest BCUT2D eigenvalue weighted by Gasteiger charge is 2.26. The maximum Gasteiger partial charge on any atom is 0.257 e. The van der Waals surface area contributed by atoms with Gasteiger partial charge in [0.1, 0.15) is 0 Å². The highest BCUT2D eigenvalue weighted by molar-refractivity contribution is 5.95. The molecule has 1 aromatic heterocycles. The number of piperazine rings is 1. The van der Waals surface area contributed by atoms with Gasteiger partial charge < -0.3 is 9.80 Å². The fraction of sp³-hybridized carbons (Fsp3) is 0.389. The van der Waals surface area contributed by atoms with E-state index >= 15 is 0 Å². The smallest absolute Gasteiger partial charge is 0.257 e. The van der Waals surface area contributed by atoms with Gasteiger partial charge in [-0.15, -0.1) is 0 Å². The lowest BCUT2D eigenvalue weighted by molar-refractivity contribution is -0.131. The number of H-pyrrole nitrogens is 1. The van der Waals surface area contributed by atoms with E-state index in [9.17, 15) is 9.59 Å². The molecular formula is C18H22N4O2. The molecule has 0 unspecified atom stereocenters. The first-order valence-electron chi connectivity index (χ1n) is 8.17. The summed E-state index contributed by atoms with van der Waals surface area (Å²) in [5.74, 6) is 0.0947. The Hall–Kier alpha value is -2.63. The molecule has 0 saturated carbocycles. The number of aromatic amines is 1. The van der Waals surface area contributed by atoms with Crippen LogP contribution in [-0.2, 0) is 11.2 Å². The number of rotatable bonds is 3. The molecule has 1 aliphatic rings. The summed E-state index contributed by atoms with van der Waals surface area (Å²) in [4.78, 5) is 28.5. The first-order chi connectivity index (χ1) is 11.5. The van der Waals surface area contributed by atoms with E-state index in [1.54, 1.807) is 11.1 Å². The Bertz CT molecular complexity index is 728. The van der Waals surface area contributed by atoms with E-state index in [2.05, 4.69) is 10.2 Å². The number of carbonyl (C=O) groups excluding carboxylic acids is 2. The molecule has 24 heavy (non-hydrogen) atoms. The van der Waals surface area contributed by atoms with Crippen LogP contribution in [0, 0.1) is 13.8 Å². The Kier molecular flexibility index (Phi) is 4.64. The Balaban J connectivity index is 1.55. The monoisotopic (exact) mass is 326 g/mol. The normalized spacial score (nSPS) is 14.8. The lowest BCUT2D eigenvalue weighted by Gasteiger charge is -2.34. The van der Waals surface area contributed by atoms with Gasteiger partial charge in [0.25, 0.3) is 5.91 Å². The van der Waals surface area contributed by atoms with Crippen molar-refractivity contribution in [3.05, 3.63) is 52.8 Å². The van der Waals surface area contributed by atoms with E-state index in [0.717, 1.165) is 11.3 Å². The minimum Gasteiger partial charge on any atom is -0.339 e. The first kappa shape index (κ1) is 16.2. The van der Waals surface area contributed by atoms with Crippen molar-refractivity contribution in [2.24, 2.45) is 0 Å². The Morgan fingerprint density at radius 3 is 2.25 bits per heavy atom. The van der Waals surface area contributed by atoms with Crippen LogP contribution in [0.15, 0.2) is 30.5 Å². The molecule has 1 saturated heterocycles. The number of hydrogen-bond acceptors (Lipinski definition) is 3. The zero-order valence-corrected chi connectivity index (χ0v) is 14.1. The van der Waals surface area contributed by atoms with E-state index < -0.39 is 0 Å². The predicted molar refractivity (Wildman–Crippen MR) is 90.7 cm³/mol. The minimum absolute atomic E-state index is 0.0214. The number of benzene rings is 1. The molecular weight excluding hydrogens is 304 g/mol. The van der Waals surface area contributed by atoms with Crippen LogP contribution in [0.3, 0.4) is 0 Å². The molecule has 3 rings (SSSR count). The van der Waals surface area contributed by atoms with Gasteiger partial charge >= 0.3 is 0 Å². The number of carbonyl (C=O) groups is 2. The quantitative estimate of drug-likeness (QED) is 0.930. The largest absolute Gasteiger partial charge is 0.339 e. The van der Waals surface area contributed by atoms with Gasteiger partial charge in [0, 0.05) is 31.9 Å². The van der Waals surface area contributed by atoms with Gasteiger partial charge in [-0.25, -0.2) is 0 Å². The molecule has 1 aliphatic heterocycles. The molecule has 126 valence electrons. The summed E-state index contributed by atoms with van der Waals surface area (Å²) in [6, 6.07) is 8.03. The van der Waals surface area contributed by atoms with Crippen molar-refractivity contribution < 1.29 is 9.59 Å². The van der Waals surface area contributed by atoms with Crippen LogP contribution < -0.4 is 0 Å². The number of nitrogens with one attached hydrogen (secondary N) is 1. The van der Waals surface area contributed by atoms with Crippen LogP contribution in [0.2, 0.25) is 0 Å². The summed E-state index contributed by atoms with van der Waals surface area (Å²) in [5, 5.41) is 6.68. The molecule has 0 bridgehead atoms.